The van der Waals surface area contributed by atoms with Crippen molar-refractivity contribution in [3.05, 3.63) is 42.6 Å². The largest absolute Gasteiger partial charge is 0.494 e. The minimum atomic E-state index is -0.891. The van der Waals surface area contributed by atoms with Gasteiger partial charge in [0.05, 0.1) is 56.4 Å². The van der Waals surface area contributed by atoms with Crippen molar-refractivity contribution in [2.24, 2.45) is 0 Å². The molecule has 2 N–H and O–H groups in total. The third-order valence-corrected chi connectivity index (χ3v) is 7.62. The van der Waals surface area contributed by atoms with Crippen molar-refractivity contribution >= 4 is 28.6 Å². The molecule has 4 saturated heterocycles. The van der Waals surface area contributed by atoms with Gasteiger partial charge in [-0.25, -0.2) is 23.7 Å². The number of carbonyl (C=O) groups excluding carboxylic acids is 1. The highest BCUT2D eigenvalue weighted by Gasteiger charge is 2.40. The van der Waals surface area contributed by atoms with Crippen molar-refractivity contribution in [1.82, 2.24) is 20.3 Å². The van der Waals surface area contributed by atoms with Crippen molar-refractivity contribution < 1.29 is 32.5 Å². The Hall–Kier alpha value is -4.10. The number of morpholine rings is 1. The second-order valence-electron chi connectivity index (χ2n) is 10.2. The van der Waals surface area contributed by atoms with E-state index in [0.29, 0.717) is 55.4 Å². The highest BCUT2D eigenvalue weighted by molar-refractivity contribution is 5.92. The van der Waals surface area contributed by atoms with Gasteiger partial charge in [0.1, 0.15) is 5.52 Å². The summed E-state index contributed by atoms with van der Waals surface area (Å²) >= 11 is 0. The molecule has 6 heterocycles. The Morgan fingerprint density at radius 3 is 2.49 bits per heavy atom. The predicted octanol–water partition coefficient (Wildman–Crippen LogP) is 2.84. The Bertz CT molecular complexity index is 1460. The average molecular weight is 569 g/mol. The number of nitrogens with one attached hydrogen (secondary N) is 2. The monoisotopic (exact) mass is 568 g/mol. The van der Waals surface area contributed by atoms with Gasteiger partial charge in [0, 0.05) is 43.8 Å². The first-order valence-corrected chi connectivity index (χ1v) is 13.3. The molecule has 0 spiro atoms. The van der Waals surface area contributed by atoms with E-state index in [4.69, 9.17) is 28.9 Å². The van der Waals surface area contributed by atoms with Crippen LogP contribution in [0.2, 0.25) is 0 Å². The molecule has 7 rings (SSSR count). The zero-order valence-electron chi connectivity index (χ0n) is 22.7. The molecule has 2 aromatic heterocycles. The van der Waals surface area contributed by atoms with Crippen LogP contribution in [0, 0.1) is 11.6 Å². The fraction of sp³-hybridized carbons (Fsp3) is 0.429. The van der Waals surface area contributed by atoms with Crippen molar-refractivity contribution in [1.29, 1.82) is 0 Å². The maximum Gasteiger partial charge on any atom is 0.243 e. The molecule has 4 atom stereocenters. The number of nitrogens with zero attached hydrogens (tertiary/aromatic N) is 4. The van der Waals surface area contributed by atoms with E-state index in [1.165, 1.54) is 20.3 Å². The molecule has 1 aromatic carbocycles. The molecule has 3 unspecified atom stereocenters. The average Bonchev–Trinajstić information content (AvgIpc) is 2.97. The van der Waals surface area contributed by atoms with Crippen molar-refractivity contribution in [2.75, 3.05) is 50.7 Å². The molecule has 216 valence electrons. The zero-order chi connectivity index (χ0) is 28.7. The quantitative estimate of drug-likeness (QED) is 0.393. The molecule has 4 fully saturated rings. The predicted molar refractivity (Wildman–Crippen MR) is 146 cm³/mol. The maximum atomic E-state index is 15.5. The lowest BCUT2D eigenvalue weighted by Gasteiger charge is -2.47. The molecule has 0 radical (unpaired) electrons. The minimum absolute atomic E-state index is 0.0488. The highest BCUT2D eigenvalue weighted by atomic mass is 19.1. The van der Waals surface area contributed by atoms with Gasteiger partial charge in [-0.3, -0.25) is 4.79 Å². The molecule has 41 heavy (non-hydrogen) atoms. The van der Waals surface area contributed by atoms with E-state index in [9.17, 15) is 4.79 Å². The lowest BCUT2D eigenvalue weighted by Crippen LogP contribution is -2.57. The first kappa shape index (κ1) is 27.1. The molecule has 4 aliphatic rings. The molecular formula is C28H30F2N6O5. The fourth-order valence-corrected chi connectivity index (χ4v) is 5.54. The van der Waals surface area contributed by atoms with Gasteiger partial charge in [-0.15, -0.1) is 0 Å². The molecular weight excluding hydrogens is 538 g/mol. The molecule has 3 aromatic rings. The normalized spacial score (nSPS) is 23.5. The van der Waals surface area contributed by atoms with Gasteiger partial charge in [-0.2, -0.15) is 0 Å². The molecule has 2 bridgehead atoms. The molecule has 0 saturated carbocycles. The first-order chi connectivity index (χ1) is 19.9. The Labute approximate surface area is 234 Å². The van der Waals surface area contributed by atoms with Crippen molar-refractivity contribution in [2.45, 2.75) is 37.1 Å². The van der Waals surface area contributed by atoms with Crippen molar-refractivity contribution in [3.8, 4) is 22.8 Å². The summed E-state index contributed by atoms with van der Waals surface area (Å²) in [6.45, 7) is 5.50. The number of piperidine rings is 1. The minimum Gasteiger partial charge on any atom is -0.494 e. The second kappa shape index (κ2) is 11.1. The Morgan fingerprint density at radius 2 is 1.83 bits per heavy atom. The third kappa shape index (κ3) is 5.10. The maximum absolute atomic E-state index is 15.5. The Morgan fingerprint density at radius 1 is 1.12 bits per heavy atom. The van der Waals surface area contributed by atoms with Crippen LogP contribution in [0.5, 0.6) is 11.5 Å². The number of aromatic nitrogens is 3. The summed E-state index contributed by atoms with van der Waals surface area (Å²) in [4.78, 5) is 28.0. The number of halogens is 2. The van der Waals surface area contributed by atoms with Gasteiger partial charge in [-0.1, -0.05) is 6.58 Å². The van der Waals surface area contributed by atoms with Crippen molar-refractivity contribution in [3.63, 3.8) is 0 Å². The molecule has 0 aliphatic carbocycles. The number of carbonyl (C=O) groups is 1. The van der Waals surface area contributed by atoms with E-state index in [2.05, 4.69) is 22.2 Å². The van der Waals surface area contributed by atoms with Crippen LogP contribution in [0.3, 0.4) is 0 Å². The molecule has 1 amide bonds. The zero-order valence-corrected chi connectivity index (χ0v) is 22.7. The SMILES string of the molecule is C=CC(=O)NC1CCOC[C@H]1Nc1ncc2cc(-c3c(F)c(OC)cc(OC)c3F)nc(N3CC4CC(C3)O4)c2n1. The lowest BCUT2D eigenvalue weighted by molar-refractivity contribution is -0.133. The van der Waals surface area contributed by atoms with Crippen LogP contribution in [0.4, 0.5) is 20.5 Å². The highest BCUT2D eigenvalue weighted by Crippen LogP contribution is 2.40. The summed E-state index contributed by atoms with van der Waals surface area (Å²) in [6, 6.07) is 2.20. The number of anilines is 2. The smallest absolute Gasteiger partial charge is 0.243 e. The summed E-state index contributed by atoms with van der Waals surface area (Å²) in [5.41, 5.74) is 0.189. The standard InChI is InChI=1S/C28H30F2N6O5/c1-4-22(37)32-17-5-6-40-13-19(17)34-28-31-10-14-7-18(23-24(29)20(38-2)9-21(39-3)25(23)30)33-27(26(14)35-28)36-11-15-8-16(12-36)41-15/h4,7,9-10,15-17,19H,1,5-6,8,11-13H2,2-3H3,(H,32,37)(H,31,34,35)/t15?,16?,17?,19-/m1/s1. The van der Waals surface area contributed by atoms with Gasteiger partial charge < -0.3 is 34.5 Å². The van der Waals surface area contributed by atoms with E-state index < -0.39 is 11.6 Å². The van der Waals surface area contributed by atoms with E-state index in [1.807, 2.05) is 4.90 Å². The number of rotatable bonds is 8. The summed E-state index contributed by atoms with van der Waals surface area (Å²) in [7, 11) is 2.60. The second-order valence-corrected chi connectivity index (χ2v) is 10.2. The number of pyridine rings is 1. The van der Waals surface area contributed by atoms with E-state index >= 15 is 8.78 Å². The molecule has 11 nitrogen and oxygen atoms in total. The van der Waals surface area contributed by atoms with Crippen LogP contribution in [0.15, 0.2) is 31.0 Å². The number of fused-ring (bicyclic) bond motifs is 3. The van der Waals surface area contributed by atoms with Gasteiger partial charge in [0.25, 0.3) is 0 Å². The number of amides is 1. The van der Waals surface area contributed by atoms with E-state index in [1.54, 1.807) is 12.3 Å². The number of ether oxygens (including phenoxy) is 4. The van der Waals surface area contributed by atoms with Gasteiger partial charge in [-0.05, 0) is 18.6 Å². The number of hydrogen-bond acceptors (Lipinski definition) is 10. The summed E-state index contributed by atoms with van der Waals surface area (Å²) < 4.78 is 52.6. The van der Waals surface area contributed by atoms with Crippen LogP contribution in [-0.4, -0.2) is 85.7 Å². The van der Waals surface area contributed by atoms with Gasteiger partial charge in [0.2, 0.25) is 11.9 Å². The Kier molecular flexibility index (Phi) is 7.30. The van der Waals surface area contributed by atoms with Gasteiger partial charge in [0.15, 0.2) is 29.0 Å². The fourth-order valence-electron chi connectivity index (χ4n) is 5.54. The van der Waals surface area contributed by atoms with Crippen LogP contribution in [0.1, 0.15) is 12.8 Å². The number of benzene rings is 1. The topological polar surface area (TPSA) is 120 Å². The molecule has 13 heteroatoms. The third-order valence-electron chi connectivity index (χ3n) is 7.62. The van der Waals surface area contributed by atoms with Gasteiger partial charge >= 0.3 is 0 Å². The van der Waals surface area contributed by atoms with Crippen LogP contribution >= 0.6 is 0 Å². The van der Waals surface area contributed by atoms with Crippen LogP contribution in [-0.2, 0) is 14.3 Å². The first-order valence-electron chi connectivity index (χ1n) is 13.3. The summed E-state index contributed by atoms with van der Waals surface area (Å²) in [5.74, 6) is -1.63. The summed E-state index contributed by atoms with van der Waals surface area (Å²) in [5, 5.41) is 6.73. The summed E-state index contributed by atoms with van der Waals surface area (Å²) in [6.07, 6.45) is 4.46. The molecule has 4 aliphatic heterocycles. The number of methoxy groups -OCH3 is 2. The lowest BCUT2D eigenvalue weighted by atomic mass is 9.98. The van der Waals surface area contributed by atoms with Crippen LogP contribution in [0.25, 0.3) is 22.2 Å². The number of hydrogen-bond donors (Lipinski definition) is 2. The van der Waals surface area contributed by atoms with Crippen LogP contribution < -0.4 is 25.0 Å². The van der Waals surface area contributed by atoms with E-state index in [0.717, 1.165) is 12.5 Å². The van der Waals surface area contributed by atoms with E-state index in [-0.39, 0.29) is 53.0 Å². The Balaban J connectivity index is 1.43.